The Hall–Kier alpha value is -11.0. The molecule has 24 heteroatoms. The highest BCUT2D eigenvalue weighted by molar-refractivity contribution is 5.80. The molecule has 16 aliphatic rings. The molecule has 0 aromatic heterocycles. The summed E-state index contributed by atoms with van der Waals surface area (Å²) >= 11 is 0. The second kappa shape index (κ2) is 23.6. The van der Waals surface area contributed by atoms with Crippen molar-refractivity contribution in [3.05, 3.63) is 413 Å². The maximum Gasteiger partial charge on any atom is 0.197 e. The Kier molecular flexibility index (Phi) is 14.5. The van der Waals surface area contributed by atoms with Crippen molar-refractivity contribution in [2.24, 2.45) is 0 Å². The molecule has 0 heterocycles. The van der Waals surface area contributed by atoms with Gasteiger partial charge in [-0.3, -0.25) is 0 Å². The van der Waals surface area contributed by atoms with Crippen molar-refractivity contribution in [3.8, 4) is 0 Å². The molecular formula is C96H52F24. The van der Waals surface area contributed by atoms with Crippen LogP contribution < -0.4 is 0 Å². The van der Waals surface area contributed by atoms with Crippen LogP contribution in [0, 0.1) is 140 Å². The van der Waals surface area contributed by atoms with Gasteiger partial charge in [0, 0.05) is 161 Å². The van der Waals surface area contributed by atoms with Crippen LogP contribution in [0.1, 0.15) is 350 Å². The topological polar surface area (TPSA) is 0 Å². The van der Waals surface area contributed by atoms with E-state index in [1.807, 2.05) is 0 Å². The van der Waals surface area contributed by atoms with Crippen LogP contribution in [0.25, 0.3) is 0 Å². The van der Waals surface area contributed by atoms with Gasteiger partial charge in [-0.05, 0) is 134 Å². The van der Waals surface area contributed by atoms with Crippen LogP contribution in [0.2, 0.25) is 0 Å². The minimum Gasteiger partial charge on any atom is -0.203 e. The molecule has 16 aliphatic carbocycles. The van der Waals surface area contributed by atoms with Gasteiger partial charge in [-0.15, -0.1) is 0 Å². The van der Waals surface area contributed by atoms with Gasteiger partial charge in [0.05, 0.1) is 0 Å². The molecule has 0 fully saturated rings. The summed E-state index contributed by atoms with van der Waals surface area (Å²) in [6, 6.07) is 19.1. The molecule has 0 radical (unpaired) electrons. The lowest BCUT2D eigenvalue weighted by Gasteiger charge is -2.52. The van der Waals surface area contributed by atoms with Gasteiger partial charge in [0.1, 0.15) is 0 Å². The van der Waals surface area contributed by atoms with Crippen LogP contribution in [0.4, 0.5) is 105 Å². The molecule has 120 heavy (non-hydrogen) atoms. The van der Waals surface area contributed by atoms with E-state index in [1.165, 1.54) is 79.7 Å². The third-order valence-electron chi connectivity index (χ3n) is 30.0. The molecule has 12 aromatic carbocycles. The number of hydrogen-bond acceptors (Lipinski definition) is 0. The van der Waals surface area contributed by atoms with Crippen LogP contribution in [0.5, 0.6) is 0 Å². The number of halogens is 24. The van der Waals surface area contributed by atoms with Crippen LogP contribution >= 0.6 is 0 Å². The summed E-state index contributed by atoms with van der Waals surface area (Å²) in [4.78, 5) is 0. The molecule has 0 N–H and O–H groups in total. The molecule has 0 nitrogen and oxygen atoms in total. The quantitative estimate of drug-likeness (QED) is 0.0806. The zero-order chi connectivity index (χ0) is 84.4. The molecule has 12 aromatic rings. The second-order valence-electron chi connectivity index (χ2n) is 34.6. The lowest BCUT2D eigenvalue weighted by Crippen LogP contribution is -2.40. The van der Waals surface area contributed by atoms with Crippen LogP contribution in [-0.4, -0.2) is 0 Å². The molecular weight excluding hydrogens is 1610 g/mol. The van der Waals surface area contributed by atoms with Gasteiger partial charge in [0.25, 0.3) is 0 Å². The van der Waals surface area contributed by atoms with Gasteiger partial charge >= 0.3 is 0 Å². The van der Waals surface area contributed by atoms with E-state index in [2.05, 4.69) is 0 Å². The second-order valence-corrected chi connectivity index (χ2v) is 34.6. The molecule has 0 spiro atoms. The number of rotatable bonds is 0. The molecule has 0 saturated heterocycles. The van der Waals surface area contributed by atoms with E-state index < -0.39 is 301 Å². The minimum atomic E-state index is -2.39. The lowest BCUT2D eigenvalue weighted by molar-refractivity contribution is 0.359. The fourth-order valence-corrected chi connectivity index (χ4v) is 24.9. The third-order valence-corrected chi connectivity index (χ3v) is 30.0. The lowest BCUT2D eigenvalue weighted by atomic mass is 9.50. The van der Waals surface area contributed by atoms with Crippen molar-refractivity contribution >= 4 is 0 Å². The van der Waals surface area contributed by atoms with Gasteiger partial charge < -0.3 is 0 Å². The van der Waals surface area contributed by atoms with E-state index in [0.29, 0.717) is 44.5 Å². The zero-order valence-corrected chi connectivity index (χ0v) is 63.2. The Balaban J connectivity index is 0.801. The number of hydrogen-bond donors (Lipinski definition) is 0. The molecule has 0 amide bonds. The summed E-state index contributed by atoms with van der Waals surface area (Å²) in [5.41, 5.74) is -2.70. The zero-order valence-electron chi connectivity index (χ0n) is 63.2. The maximum atomic E-state index is 18.4. The first-order valence-corrected chi connectivity index (χ1v) is 39.1. The number of benzene rings is 12. The van der Waals surface area contributed by atoms with E-state index in [4.69, 9.17) is 0 Å². The van der Waals surface area contributed by atoms with Gasteiger partial charge in [-0.25, -0.2) is 105 Å². The van der Waals surface area contributed by atoms with E-state index in [-0.39, 0.29) is 89.0 Å². The van der Waals surface area contributed by atoms with Crippen LogP contribution in [0.3, 0.4) is 0 Å². The summed E-state index contributed by atoms with van der Waals surface area (Å²) in [5.74, 6) is -71.6. The molecule has 8 bridgehead atoms. The minimum absolute atomic E-state index is 0.144. The van der Waals surface area contributed by atoms with E-state index >= 15 is 105 Å². The summed E-state index contributed by atoms with van der Waals surface area (Å²) < 4.78 is 397. The van der Waals surface area contributed by atoms with Crippen LogP contribution in [-0.2, 0) is 0 Å². The summed E-state index contributed by atoms with van der Waals surface area (Å²) in [6.45, 7) is 11.4. The van der Waals surface area contributed by atoms with Crippen molar-refractivity contribution in [2.75, 3.05) is 0 Å². The Labute approximate surface area is 665 Å². The van der Waals surface area contributed by atoms with E-state index in [0.717, 1.165) is 0 Å². The van der Waals surface area contributed by atoms with Crippen molar-refractivity contribution in [1.82, 2.24) is 0 Å². The van der Waals surface area contributed by atoms with Crippen molar-refractivity contribution in [3.63, 3.8) is 0 Å². The molecule has 12 atom stereocenters. The molecule has 604 valence electrons. The maximum absolute atomic E-state index is 18.4. The van der Waals surface area contributed by atoms with Gasteiger partial charge in [0.2, 0.25) is 0 Å². The fourth-order valence-electron chi connectivity index (χ4n) is 24.9. The average Bonchev–Trinajstić information content (AvgIpc) is 0.662. The Bertz CT molecular complexity index is 5990. The average molecular weight is 1660 g/mol. The van der Waals surface area contributed by atoms with Crippen molar-refractivity contribution < 1.29 is 105 Å². The molecule has 4 unspecified atom stereocenters. The third kappa shape index (κ3) is 8.27. The molecule has 0 aliphatic heterocycles. The van der Waals surface area contributed by atoms with Gasteiger partial charge in [0.15, 0.2) is 140 Å². The van der Waals surface area contributed by atoms with Crippen molar-refractivity contribution in [1.29, 1.82) is 0 Å². The first-order chi connectivity index (χ1) is 56.9. The fraction of sp³-hybridized carbons (Fsp3) is 0.250. The van der Waals surface area contributed by atoms with E-state index in [9.17, 15) is 0 Å². The largest absolute Gasteiger partial charge is 0.203 e. The number of fused-ring (bicyclic) bond motifs is 8. The normalized spacial score (nSPS) is 25.0. The molecule has 0 saturated carbocycles. The predicted molar refractivity (Wildman–Crippen MR) is 388 cm³/mol. The monoisotopic (exact) mass is 1660 g/mol. The standard InChI is InChI=1S/C96H52F24/c1-21-29-9-37-38(10-30(29)22(2)54-53(21)73(97)85(109)86(110)74(54)98)62-40-12-32-24(4)56-55(75(99)87(111)88(112)76(56)100)23(3)31(32)11-39(40)61(37)45-17-49-50(18-46(45)62)66-68-52-20-48-47(19-51(52)67(71-72(68)84(108)96(120)95(119)83(71)107)65(49)69-70(66)82(106)94(118)93(117)81(69)105)63-41-13-33-25(5)57-59(79(103)91(115)89(113)77(57)101)27(7)35(33)15-43(41)64(48)44-16-36-28(8)60-58(26(6)34(36)14-42(44)63)78(102)90(114)92(116)80(60)104/h9-28,61-68H,1-8H3/t21-,22-,23-,24-,25-,26-,27-,28-,61?,62?,63?,64?,65?,66?,67?,68?/m0/s1. The Morgan fingerprint density at radius 2 is 0.208 bits per heavy atom. The first-order valence-electron chi connectivity index (χ1n) is 39.1. The van der Waals surface area contributed by atoms with Crippen molar-refractivity contribution in [2.45, 2.75) is 150 Å². The highest BCUT2D eigenvalue weighted by Crippen LogP contribution is 2.72. The summed E-state index contributed by atoms with van der Waals surface area (Å²) in [5, 5.41) is 0. The van der Waals surface area contributed by atoms with E-state index in [1.54, 1.807) is 48.5 Å². The Morgan fingerprint density at radius 3 is 0.317 bits per heavy atom. The Morgan fingerprint density at radius 1 is 0.117 bits per heavy atom. The predicted octanol–water partition coefficient (Wildman–Crippen LogP) is 26.3. The highest BCUT2D eigenvalue weighted by Gasteiger charge is 2.60. The molecule has 28 rings (SSSR count). The van der Waals surface area contributed by atoms with Crippen LogP contribution in [0.15, 0.2) is 72.8 Å². The highest BCUT2D eigenvalue weighted by atomic mass is 19.2. The summed E-state index contributed by atoms with van der Waals surface area (Å²) in [7, 11) is 0. The van der Waals surface area contributed by atoms with Gasteiger partial charge in [-0.1, -0.05) is 128 Å². The SMILES string of the molecule is C[C@H]1c2cc3c(cc2[C@H](C)c2c(F)c(F)c(F)c(F)c21)C1c2cc4c(cc2C3c2cc3c(cc21)[C@H](C)c1c(F)c(F)c(F)c(F)c1[C@H]3C)C1c2c(F)c(F)c(F)c(F)c2C4C2c3cc4c(cc3C1c1c(F)c(F)c(F)c(F)c12)C1c2cc3c(cc2C4c2cc4c(cc21)[C@H](C)c1c(F)c(F)c(F)c(F)c1[C@H]4C)[C@H](C)c1c(F)c(F)c(F)c(F)c1[C@H]3C. The van der Waals surface area contributed by atoms with Gasteiger partial charge in [-0.2, -0.15) is 0 Å². The first kappa shape index (κ1) is 74.0. The summed E-state index contributed by atoms with van der Waals surface area (Å²) in [6.07, 6.45) is 0. The smallest absolute Gasteiger partial charge is 0.197 e.